The number of anilines is 1. The molecule has 0 amide bonds. The molecule has 0 atom stereocenters. The van der Waals surface area contributed by atoms with E-state index in [9.17, 15) is 13.6 Å². The Morgan fingerprint density at radius 1 is 1.04 bits per heavy atom. The lowest BCUT2D eigenvalue weighted by molar-refractivity contribution is 0.401. The standard InChI is InChI=1S/C21H26F2N2O2/c1-27-17-12-25(14-9-5-6-10-14)16-11-15(24-13-7-3-2-4-8-13)19(22)20(23)18(16)21(17)26/h11-14,24H,2-10H2,1H3. The lowest BCUT2D eigenvalue weighted by atomic mass is 9.95. The van der Waals surface area contributed by atoms with Gasteiger partial charge in [-0.3, -0.25) is 4.79 Å². The van der Waals surface area contributed by atoms with Crippen molar-refractivity contribution in [3.63, 3.8) is 0 Å². The highest BCUT2D eigenvalue weighted by atomic mass is 19.2. The van der Waals surface area contributed by atoms with Gasteiger partial charge in [-0.05, 0) is 31.7 Å². The van der Waals surface area contributed by atoms with Crippen LogP contribution < -0.4 is 15.5 Å². The van der Waals surface area contributed by atoms with Crippen LogP contribution in [0, 0.1) is 11.6 Å². The fourth-order valence-electron chi connectivity index (χ4n) is 4.61. The second-order valence-corrected chi connectivity index (χ2v) is 7.80. The van der Waals surface area contributed by atoms with E-state index in [-0.39, 0.29) is 28.9 Å². The van der Waals surface area contributed by atoms with Crippen LogP contribution in [-0.2, 0) is 0 Å². The number of ether oxygens (including phenoxy) is 1. The van der Waals surface area contributed by atoms with Crippen LogP contribution in [0.3, 0.4) is 0 Å². The average Bonchev–Trinajstić information content (AvgIpc) is 3.21. The van der Waals surface area contributed by atoms with E-state index >= 15 is 0 Å². The molecule has 0 radical (unpaired) electrons. The molecule has 2 aromatic rings. The highest BCUT2D eigenvalue weighted by Crippen LogP contribution is 2.35. The van der Waals surface area contributed by atoms with Crippen LogP contribution >= 0.6 is 0 Å². The van der Waals surface area contributed by atoms with Gasteiger partial charge in [-0.25, -0.2) is 8.78 Å². The maximum absolute atomic E-state index is 15.0. The van der Waals surface area contributed by atoms with Gasteiger partial charge in [0.2, 0.25) is 5.43 Å². The molecule has 27 heavy (non-hydrogen) atoms. The van der Waals surface area contributed by atoms with Crippen LogP contribution in [-0.4, -0.2) is 17.7 Å². The summed E-state index contributed by atoms with van der Waals surface area (Å²) in [6, 6.07) is 1.94. The minimum Gasteiger partial charge on any atom is -0.491 e. The third kappa shape index (κ3) is 3.30. The number of hydrogen-bond acceptors (Lipinski definition) is 3. The van der Waals surface area contributed by atoms with E-state index in [1.807, 2.05) is 4.57 Å². The lowest BCUT2D eigenvalue weighted by Gasteiger charge is -2.25. The first-order valence-corrected chi connectivity index (χ1v) is 9.97. The highest BCUT2D eigenvalue weighted by molar-refractivity contribution is 5.85. The summed E-state index contributed by atoms with van der Waals surface area (Å²) < 4.78 is 36.8. The zero-order chi connectivity index (χ0) is 19.0. The first-order valence-electron chi connectivity index (χ1n) is 9.97. The molecule has 1 heterocycles. The number of pyridine rings is 1. The van der Waals surface area contributed by atoms with Gasteiger partial charge in [-0.1, -0.05) is 32.1 Å². The van der Waals surface area contributed by atoms with Crippen LogP contribution in [0.4, 0.5) is 14.5 Å². The molecule has 0 bridgehead atoms. The Morgan fingerprint density at radius 3 is 2.37 bits per heavy atom. The average molecular weight is 376 g/mol. The smallest absolute Gasteiger partial charge is 0.234 e. The van der Waals surface area contributed by atoms with Crippen molar-refractivity contribution in [3.05, 3.63) is 34.1 Å². The summed E-state index contributed by atoms with van der Waals surface area (Å²) in [6.07, 6.45) is 11.1. The van der Waals surface area contributed by atoms with Gasteiger partial charge in [-0.15, -0.1) is 0 Å². The summed E-state index contributed by atoms with van der Waals surface area (Å²) in [5, 5.41) is 2.97. The highest BCUT2D eigenvalue weighted by Gasteiger charge is 2.25. The largest absolute Gasteiger partial charge is 0.491 e. The van der Waals surface area contributed by atoms with E-state index in [0.29, 0.717) is 5.52 Å². The first kappa shape index (κ1) is 18.3. The third-order valence-electron chi connectivity index (χ3n) is 6.07. The minimum atomic E-state index is -1.08. The van der Waals surface area contributed by atoms with Crippen LogP contribution in [0.25, 0.3) is 10.9 Å². The van der Waals surface area contributed by atoms with Crippen molar-refractivity contribution in [1.29, 1.82) is 0 Å². The van der Waals surface area contributed by atoms with Crippen LogP contribution in [0.15, 0.2) is 17.1 Å². The number of hydrogen-bond donors (Lipinski definition) is 1. The van der Waals surface area contributed by atoms with Crippen LogP contribution in [0.2, 0.25) is 0 Å². The molecule has 2 aliphatic carbocycles. The molecule has 4 nitrogen and oxygen atoms in total. The monoisotopic (exact) mass is 376 g/mol. The maximum atomic E-state index is 15.0. The maximum Gasteiger partial charge on any atom is 0.234 e. The number of rotatable bonds is 4. The third-order valence-corrected chi connectivity index (χ3v) is 6.07. The normalized spacial score (nSPS) is 18.9. The van der Waals surface area contributed by atoms with Crippen molar-refractivity contribution in [1.82, 2.24) is 4.57 Å². The SMILES string of the molecule is COc1cn(C2CCCC2)c2cc(NC3CCCCC3)c(F)c(F)c2c1=O. The molecule has 1 aromatic heterocycles. The molecule has 2 aliphatic rings. The van der Waals surface area contributed by atoms with Crippen molar-refractivity contribution < 1.29 is 13.5 Å². The number of aromatic nitrogens is 1. The van der Waals surface area contributed by atoms with Gasteiger partial charge in [-0.2, -0.15) is 0 Å². The number of fused-ring (bicyclic) bond motifs is 1. The molecule has 2 fully saturated rings. The molecule has 0 aliphatic heterocycles. The number of benzene rings is 1. The van der Waals surface area contributed by atoms with Crippen molar-refractivity contribution in [3.8, 4) is 5.75 Å². The molecule has 2 saturated carbocycles. The summed E-state index contributed by atoms with van der Waals surface area (Å²) in [5.74, 6) is -2.00. The number of methoxy groups -OCH3 is 1. The first-order chi connectivity index (χ1) is 13.1. The Balaban J connectivity index is 1.88. The zero-order valence-electron chi connectivity index (χ0n) is 15.7. The molecule has 0 saturated heterocycles. The van der Waals surface area contributed by atoms with Crippen molar-refractivity contribution >= 4 is 16.6 Å². The van der Waals surface area contributed by atoms with Gasteiger partial charge in [0.25, 0.3) is 0 Å². The molecule has 6 heteroatoms. The Bertz CT molecular complexity index is 897. The molecule has 0 unspecified atom stereocenters. The number of nitrogens with zero attached hydrogens (tertiary/aromatic N) is 1. The summed E-state index contributed by atoms with van der Waals surface area (Å²) >= 11 is 0. The van der Waals surface area contributed by atoms with Crippen molar-refractivity contribution in [2.45, 2.75) is 69.9 Å². The summed E-state index contributed by atoms with van der Waals surface area (Å²) in [4.78, 5) is 12.6. The van der Waals surface area contributed by atoms with Crippen molar-refractivity contribution in [2.75, 3.05) is 12.4 Å². The molecule has 0 spiro atoms. The zero-order valence-corrected chi connectivity index (χ0v) is 15.7. The Hall–Kier alpha value is -2.11. The van der Waals surface area contributed by atoms with Gasteiger partial charge in [0, 0.05) is 12.1 Å². The fraction of sp³-hybridized carbons (Fsp3) is 0.571. The van der Waals surface area contributed by atoms with E-state index in [1.165, 1.54) is 13.5 Å². The molecule has 146 valence electrons. The topological polar surface area (TPSA) is 43.3 Å². The molecule has 4 rings (SSSR count). The van der Waals surface area contributed by atoms with Gasteiger partial charge < -0.3 is 14.6 Å². The second kappa shape index (κ2) is 7.49. The molecule has 1 N–H and O–H groups in total. The van der Waals surface area contributed by atoms with E-state index in [4.69, 9.17) is 4.74 Å². The van der Waals surface area contributed by atoms with Gasteiger partial charge in [0.05, 0.1) is 29.9 Å². The second-order valence-electron chi connectivity index (χ2n) is 7.80. The molecule has 1 aromatic carbocycles. The summed E-state index contributed by atoms with van der Waals surface area (Å²) in [5.41, 5.74) is 0.00971. The minimum absolute atomic E-state index is 0.0562. The van der Waals surface area contributed by atoms with E-state index in [1.54, 1.807) is 12.3 Å². The summed E-state index contributed by atoms with van der Waals surface area (Å²) in [7, 11) is 1.38. The van der Waals surface area contributed by atoms with E-state index < -0.39 is 17.1 Å². The number of halogens is 2. The number of nitrogens with one attached hydrogen (secondary N) is 1. The van der Waals surface area contributed by atoms with E-state index in [0.717, 1.165) is 51.4 Å². The van der Waals surface area contributed by atoms with Crippen LogP contribution in [0.1, 0.15) is 63.8 Å². The van der Waals surface area contributed by atoms with Gasteiger partial charge >= 0.3 is 0 Å². The predicted octanol–water partition coefficient (Wildman–Crippen LogP) is 5.15. The Labute approximate surface area is 157 Å². The Kier molecular flexibility index (Phi) is 5.06. The Morgan fingerprint density at radius 2 is 1.70 bits per heavy atom. The van der Waals surface area contributed by atoms with Crippen molar-refractivity contribution in [2.24, 2.45) is 0 Å². The quantitative estimate of drug-likeness (QED) is 0.803. The lowest BCUT2D eigenvalue weighted by Crippen LogP contribution is -2.24. The van der Waals surface area contributed by atoms with Gasteiger partial charge in [0.15, 0.2) is 17.4 Å². The molecular formula is C21H26F2N2O2. The fourth-order valence-corrected chi connectivity index (χ4v) is 4.61. The van der Waals surface area contributed by atoms with Crippen LogP contribution in [0.5, 0.6) is 5.75 Å². The predicted molar refractivity (Wildman–Crippen MR) is 103 cm³/mol. The molecular weight excluding hydrogens is 350 g/mol. The summed E-state index contributed by atoms with van der Waals surface area (Å²) in [6.45, 7) is 0. The van der Waals surface area contributed by atoms with E-state index in [2.05, 4.69) is 5.32 Å². The van der Waals surface area contributed by atoms with Gasteiger partial charge in [0.1, 0.15) is 0 Å².